The topological polar surface area (TPSA) is 21.3 Å². The first-order valence-corrected chi connectivity index (χ1v) is 4.31. The van der Waals surface area contributed by atoms with Gasteiger partial charge in [-0.2, -0.15) is 0 Å². The van der Waals surface area contributed by atoms with E-state index in [4.69, 9.17) is 4.74 Å². The van der Waals surface area contributed by atoms with Crippen LogP contribution in [-0.4, -0.2) is 26.8 Å². The summed E-state index contributed by atoms with van der Waals surface area (Å²) in [6.07, 6.45) is 6.85. The highest BCUT2D eigenvalue weighted by atomic mass is 16.5. The average molecular weight is 155 g/mol. The summed E-state index contributed by atoms with van der Waals surface area (Å²) >= 11 is 0. The van der Waals surface area contributed by atoms with Crippen molar-refractivity contribution in [2.75, 3.05) is 26.8 Å². The van der Waals surface area contributed by atoms with E-state index >= 15 is 0 Å². The molecule has 0 aliphatic carbocycles. The van der Waals surface area contributed by atoms with Crippen LogP contribution in [0.3, 0.4) is 0 Å². The van der Waals surface area contributed by atoms with Gasteiger partial charge in [-0.15, -0.1) is 0 Å². The number of nitrogens with one attached hydrogen (secondary N) is 1. The fraction of sp³-hybridized carbons (Fsp3) is 0.778. The van der Waals surface area contributed by atoms with Crippen molar-refractivity contribution in [3.8, 4) is 0 Å². The zero-order valence-electron chi connectivity index (χ0n) is 7.18. The monoisotopic (exact) mass is 155 g/mol. The Morgan fingerprint density at radius 2 is 2.45 bits per heavy atom. The first-order valence-electron chi connectivity index (χ1n) is 4.31. The van der Waals surface area contributed by atoms with Crippen molar-refractivity contribution in [3.63, 3.8) is 0 Å². The smallest absolute Gasteiger partial charge is 0.0498 e. The standard InChI is InChI=1S/C9H17NO/c1-10-6-3-2-4-9-5-7-11-8-9/h2-3,9-10H,4-8H2,1H3/b3-2-. The fourth-order valence-corrected chi connectivity index (χ4v) is 1.26. The molecule has 1 rings (SSSR count). The number of hydrogen-bond acceptors (Lipinski definition) is 2. The number of rotatable bonds is 4. The minimum atomic E-state index is 0.781. The molecule has 0 bridgehead atoms. The Balaban J connectivity index is 2.01. The van der Waals surface area contributed by atoms with Gasteiger partial charge >= 0.3 is 0 Å². The van der Waals surface area contributed by atoms with Crippen LogP contribution >= 0.6 is 0 Å². The summed E-state index contributed by atoms with van der Waals surface area (Å²) in [6, 6.07) is 0. The molecular weight excluding hydrogens is 138 g/mol. The maximum Gasteiger partial charge on any atom is 0.0498 e. The molecule has 1 N–H and O–H groups in total. The van der Waals surface area contributed by atoms with Gasteiger partial charge in [0.25, 0.3) is 0 Å². The van der Waals surface area contributed by atoms with Crippen LogP contribution in [0.1, 0.15) is 12.8 Å². The summed E-state index contributed by atoms with van der Waals surface area (Å²) in [5.41, 5.74) is 0. The Morgan fingerprint density at radius 3 is 3.09 bits per heavy atom. The quantitative estimate of drug-likeness (QED) is 0.616. The van der Waals surface area contributed by atoms with Gasteiger partial charge in [0.2, 0.25) is 0 Å². The molecule has 1 fully saturated rings. The molecule has 0 aromatic rings. The molecule has 0 spiro atoms. The van der Waals surface area contributed by atoms with E-state index in [1.165, 1.54) is 12.8 Å². The molecule has 0 aromatic carbocycles. The molecule has 64 valence electrons. The first-order chi connectivity index (χ1) is 5.43. The maximum atomic E-state index is 5.26. The van der Waals surface area contributed by atoms with Crippen LogP contribution in [0.5, 0.6) is 0 Å². The van der Waals surface area contributed by atoms with Crippen molar-refractivity contribution in [3.05, 3.63) is 12.2 Å². The Labute approximate surface area is 68.6 Å². The SMILES string of the molecule is CNC/C=C\CC1CCOC1. The highest BCUT2D eigenvalue weighted by Crippen LogP contribution is 2.16. The Morgan fingerprint density at radius 1 is 1.55 bits per heavy atom. The van der Waals surface area contributed by atoms with Gasteiger partial charge in [-0.25, -0.2) is 0 Å². The van der Waals surface area contributed by atoms with E-state index in [-0.39, 0.29) is 0 Å². The lowest BCUT2D eigenvalue weighted by atomic mass is 10.1. The van der Waals surface area contributed by atoms with Crippen LogP contribution in [0.2, 0.25) is 0 Å². The summed E-state index contributed by atoms with van der Waals surface area (Å²) in [5.74, 6) is 0.781. The number of hydrogen-bond donors (Lipinski definition) is 1. The highest BCUT2D eigenvalue weighted by molar-refractivity contribution is 4.86. The highest BCUT2D eigenvalue weighted by Gasteiger charge is 2.12. The molecule has 1 aliphatic heterocycles. The van der Waals surface area contributed by atoms with E-state index in [9.17, 15) is 0 Å². The summed E-state index contributed by atoms with van der Waals surface area (Å²) in [6.45, 7) is 2.90. The summed E-state index contributed by atoms with van der Waals surface area (Å²) < 4.78 is 5.26. The molecule has 0 amide bonds. The summed E-state index contributed by atoms with van der Waals surface area (Å²) in [5, 5.41) is 3.08. The van der Waals surface area contributed by atoms with Gasteiger partial charge in [0.15, 0.2) is 0 Å². The molecule has 0 saturated carbocycles. The molecule has 0 radical (unpaired) electrons. The van der Waals surface area contributed by atoms with Crippen molar-refractivity contribution in [1.29, 1.82) is 0 Å². The van der Waals surface area contributed by atoms with Crippen molar-refractivity contribution in [2.45, 2.75) is 12.8 Å². The molecule has 1 unspecified atom stereocenters. The van der Waals surface area contributed by atoms with Crippen molar-refractivity contribution >= 4 is 0 Å². The van der Waals surface area contributed by atoms with Crippen LogP contribution < -0.4 is 5.32 Å². The van der Waals surface area contributed by atoms with Crippen LogP contribution in [0.15, 0.2) is 12.2 Å². The van der Waals surface area contributed by atoms with Gasteiger partial charge in [-0.1, -0.05) is 12.2 Å². The molecule has 1 saturated heterocycles. The van der Waals surface area contributed by atoms with E-state index in [2.05, 4.69) is 17.5 Å². The first kappa shape index (κ1) is 8.75. The van der Waals surface area contributed by atoms with Crippen molar-refractivity contribution < 1.29 is 4.74 Å². The molecular formula is C9H17NO. The zero-order chi connectivity index (χ0) is 7.94. The van der Waals surface area contributed by atoms with E-state index in [1.807, 2.05) is 7.05 Å². The second-order valence-electron chi connectivity index (χ2n) is 2.99. The molecule has 1 atom stereocenters. The third kappa shape index (κ3) is 3.54. The summed E-state index contributed by atoms with van der Waals surface area (Å²) in [4.78, 5) is 0. The lowest BCUT2D eigenvalue weighted by Crippen LogP contribution is -2.04. The van der Waals surface area contributed by atoms with Crippen molar-refractivity contribution in [1.82, 2.24) is 5.32 Å². The van der Waals surface area contributed by atoms with Gasteiger partial charge < -0.3 is 10.1 Å². The van der Waals surface area contributed by atoms with Gasteiger partial charge in [0, 0.05) is 19.8 Å². The second kappa shape index (κ2) is 5.33. The van der Waals surface area contributed by atoms with Gasteiger partial charge in [0.1, 0.15) is 0 Å². The lowest BCUT2D eigenvalue weighted by Gasteiger charge is -2.00. The number of likely N-dealkylation sites (N-methyl/N-ethyl adjacent to an activating group) is 1. The maximum absolute atomic E-state index is 5.26. The van der Waals surface area contributed by atoms with Crippen LogP contribution in [0.25, 0.3) is 0 Å². The third-order valence-corrected chi connectivity index (χ3v) is 1.98. The minimum Gasteiger partial charge on any atom is -0.381 e. The van der Waals surface area contributed by atoms with E-state index in [1.54, 1.807) is 0 Å². The lowest BCUT2D eigenvalue weighted by molar-refractivity contribution is 0.186. The molecule has 1 heterocycles. The average Bonchev–Trinajstić information content (AvgIpc) is 2.50. The van der Waals surface area contributed by atoms with Crippen LogP contribution in [0, 0.1) is 5.92 Å². The normalized spacial score (nSPS) is 25.0. The zero-order valence-corrected chi connectivity index (χ0v) is 7.18. The molecule has 2 heteroatoms. The van der Waals surface area contributed by atoms with Crippen LogP contribution in [-0.2, 0) is 4.74 Å². The molecule has 11 heavy (non-hydrogen) atoms. The minimum absolute atomic E-state index is 0.781. The Kier molecular flexibility index (Phi) is 4.24. The third-order valence-electron chi connectivity index (χ3n) is 1.98. The second-order valence-corrected chi connectivity index (χ2v) is 2.99. The number of ether oxygens (including phenoxy) is 1. The largest absolute Gasteiger partial charge is 0.381 e. The predicted molar refractivity (Wildman–Crippen MR) is 46.6 cm³/mol. The van der Waals surface area contributed by atoms with E-state index in [0.717, 1.165) is 25.7 Å². The number of allylic oxidation sites excluding steroid dienone is 1. The van der Waals surface area contributed by atoms with Gasteiger partial charge in [-0.05, 0) is 25.8 Å². The Hall–Kier alpha value is -0.340. The molecule has 1 aliphatic rings. The van der Waals surface area contributed by atoms with E-state index < -0.39 is 0 Å². The van der Waals surface area contributed by atoms with Crippen LogP contribution in [0.4, 0.5) is 0 Å². The molecule has 2 nitrogen and oxygen atoms in total. The van der Waals surface area contributed by atoms with Gasteiger partial charge in [-0.3, -0.25) is 0 Å². The van der Waals surface area contributed by atoms with E-state index in [0.29, 0.717) is 0 Å². The molecule has 0 aromatic heterocycles. The van der Waals surface area contributed by atoms with Gasteiger partial charge in [0.05, 0.1) is 0 Å². The fourth-order valence-electron chi connectivity index (χ4n) is 1.26. The van der Waals surface area contributed by atoms with Crippen molar-refractivity contribution in [2.24, 2.45) is 5.92 Å². The predicted octanol–water partition coefficient (Wildman–Crippen LogP) is 1.19. The summed E-state index contributed by atoms with van der Waals surface area (Å²) in [7, 11) is 1.96. The Bertz CT molecular complexity index is 117.